The van der Waals surface area contributed by atoms with Crippen LogP contribution in [0.2, 0.25) is 0 Å². The summed E-state index contributed by atoms with van der Waals surface area (Å²) in [5.74, 6) is -0.520. The molecule has 3 unspecified atom stereocenters. The first kappa shape index (κ1) is 9.52. The van der Waals surface area contributed by atoms with Gasteiger partial charge in [0, 0.05) is 19.1 Å². The van der Waals surface area contributed by atoms with Crippen LogP contribution < -0.4 is 5.32 Å². The Kier molecular flexibility index (Phi) is 2.46. The van der Waals surface area contributed by atoms with Gasteiger partial charge in [0.2, 0.25) is 0 Å². The van der Waals surface area contributed by atoms with E-state index in [0.717, 1.165) is 19.3 Å². The molecule has 0 spiro atoms. The maximum atomic E-state index is 10.7. The van der Waals surface area contributed by atoms with E-state index in [-0.39, 0.29) is 0 Å². The van der Waals surface area contributed by atoms with E-state index in [2.05, 4.69) is 5.32 Å². The normalized spacial score (nSPS) is 35.8. The lowest BCUT2D eigenvalue weighted by molar-refractivity contribution is -0.133. The van der Waals surface area contributed by atoms with Gasteiger partial charge in [0.15, 0.2) is 0 Å². The molecule has 0 aromatic rings. The molecule has 3 atom stereocenters. The molecule has 4 heteroatoms. The Morgan fingerprint density at radius 2 is 2.43 bits per heavy atom. The average Bonchev–Trinajstić information content (AvgIpc) is 2.59. The van der Waals surface area contributed by atoms with Gasteiger partial charge in [0.05, 0.1) is 6.10 Å². The van der Waals surface area contributed by atoms with Crippen molar-refractivity contribution in [3.05, 3.63) is 11.8 Å². The third-order valence-corrected chi connectivity index (χ3v) is 3.14. The molecule has 1 aliphatic heterocycles. The molecular weight excluding hydrogens is 182 g/mol. The standard InChI is InChI=1S/C10H15NO3/c1-14-7-2-3-8-6(4-7)5-9(11-8)10(12)13/h5-8,11H,2-4H2,1H3,(H,12,13). The second kappa shape index (κ2) is 3.61. The molecule has 2 N–H and O–H groups in total. The number of rotatable bonds is 2. The Labute approximate surface area is 82.9 Å². The van der Waals surface area contributed by atoms with Gasteiger partial charge in [-0.2, -0.15) is 0 Å². The molecule has 0 aromatic heterocycles. The number of methoxy groups -OCH3 is 1. The highest BCUT2D eigenvalue weighted by Gasteiger charge is 2.35. The molecule has 78 valence electrons. The van der Waals surface area contributed by atoms with Crippen molar-refractivity contribution in [2.24, 2.45) is 5.92 Å². The van der Waals surface area contributed by atoms with Crippen LogP contribution in [-0.4, -0.2) is 30.3 Å². The van der Waals surface area contributed by atoms with Gasteiger partial charge in [0.1, 0.15) is 5.70 Å². The molecular formula is C10H15NO3. The summed E-state index contributed by atoms with van der Waals surface area (Å²) in [5.41, 5.74) is 0.358. The summed E-state index contributed by atoms with van der Waals surface area (Å²) in [7, 11) is 1.72. The molecule has 0 radical (unpaired) electrons. The van der Waals surface area contributed by atoms with Crippen molar-refractivity contribution in [3.63, 3.8) is 0 Å². The van der Waals surface area contributed by atoms with Gasteiger partial charge >= 0.3 is 5.97 Å². The van der Waals surface area contributed by atoms with Gasteiger partial charge in [0.25, 0.3) is 0 Å². The van der Waals surface area contributed by atoms with E-state index in [9.17, 15) is 4.79 Å². The highest BCUT2D eigenvalue weighted by Crippen LogP contribution is 2.32. The van der Waals surface area contributed by atoms with Crippen molar-refractivity contribution in [2.45, 2.75) is 31.4 Å². The zero-order valence-electron chi connectivity index (χ0n) is 8.19. The molecule has 0 bridgehead atoms. The van der Waals surface area contributed by atoms with Crippen molar-refractivity contribution < 1.29 is 14.6 Å². The van der Waals surface area contributed by atoms with Crippen molar-refractivity contribution >= 4 is 5.97 Å². The number of carboxylic acids is 1. The van der Waals surface area contributed by atoms with Gasteiger partial charge in [-0.25, -0.2) is 4.79 Å². The minimum Gasteiger partial charge on any atom is -0.477 e. The zero-order valence-corrected chi connectivity index (χ0v) is 8.19. The fraction of sp³-hybridized carbons (Fsp3) is 0.700. The molecule has 2 rings (SSSR count). The van der Waals surface area contributed by atoms with E-state index < -0.39 is 5.97 Å². The maximum Gasteiger partial charge on any atom is 0.351 e. The molecule has 0 aromatic carbocycles. The largest absolute Gasteiger partial charge is 0.477 e. The number of ether oxygens (including phenoxy) is 1. The second-order valence-electron chi connectivity index (χ2n) is 3.97. The molecule has 1 fully saturated rings. The van der Waals surface area contributed by atoms with E-state index in [0.29, 0.717) is 23.8 Å². The van der Waals surface area contributed by atoms with Crippen LogP contribution in [0.15, 0.2) is 11.8 Å². The second-order valence-corrected chi connectivity index (χ2v) is 3.97. The predicted octanol–water partition coefficient (Wildman–Crippen LogP) is 0.742. The Hall–Kier alpha value is -1.03. The lowest BCUT2D eigenvalue weighted by Crippen LogP contribution is -2.37. The lowest BCUT2D eigenvalue weighted by atomic mass is 9.84. The van der Waals surface area contributed by atoms with Crippen LogP contribution in [0.4, 0.5) is 0 Å². The zero-order chi connectivity index (χ0) is 10.1. The molecule has 2 aliphatic rings. The quantitative estimate of drug-likeness (QED) is 0.685. The summed E-state index contributed by atoms with van der Waals surface area (Å²) in [4.78, 5) is 10.7. The maximum absolute atomic E-state index is 10.7. The van der Waals surface area contributed by atoms with Crippen molar-refractivity contribution in [2.75, 3.05) is 7.11 Å². The lowest BCUT2D eigenvalue weighted by Gasteiger charge is -2.30. The first-order valence-corrected chi connectivity index (χ1v) is 4.95. The smallest absolute Gasteiger partial charge is 0.351 e. The number of carbonyl (C=O) groups is 1. The van der Waals surface area contributed by atoms with Gasteiger partial charge < -0.3 is 15.2 Å². The summed E-state index contributed by atoms with van der Waals surface area (Å²) in [6.07, 6.45) is 5.08. The molecule has 14 heavy (non-hydrogen) atoms. The number of nitrogens with one attached hydrogen (secondary N) is 1. The van der Waals surface area contributed by atoms with Crippen LogP contribution in [0.25, 0.3) is 0 Å². The van der Waals surface area contributed by atoms with Crippen LogP contribution >= 0.6 is 0 Å². The molecule has 0 amide bonds. The van der Waals surface area contributed by atoms with Crippen LogP contribution in [0.5, 0.6) is 0 Å². The van der Waals surface area contributed by atoms with Gasteiger partial charge in [-0.3, -0.25) is 0 Å². The summed E-state index contributed by atoms with van der Waals surface area (Å²) in [5, 5.41) is 11.9. The number of hydrogen-bond acceptors (Lipinski definition) is 3. The topological polar surface area (TPSA) is 58.6 Å². The average molecular weight is 197 g/mol. The monoisotopic (exact) mass is 197 g/mol. The Morgan fingerprint density at radius 3 is 3.07 bits per heavy atom. The van der Waals surface area contributed by atoms with Crippen LogP contribution in [0.3, 0.4) is 0 Å². The summed E-state index contributed by atoms with van der Waals surface area (Å²) >= 11 is 0. The van der Waals surface area contributed by atoms with E-state index in [1.807, 2.05) is 6.08 Å². The molecule has 1 saturated carbocycles. The predicted molar refractivity (Wildman–Crippen MR) is 50.8 cm³/mol. The van der Waals surface area contributed by atoms with E-state index in [1.165, 1.54) is 0 Å². The fourth-order valence-electron chi connectivity index (χ4n) is 2.34. The Morgan fingerprint density at radius 1 is 1.64 bits per heavy atom. The Bertz CT molecular complexity index is 275. The molecule has 1 heterocycles. The van der Waals surface area contributed by atoms with Crippen LogP contribution in [0.1, 0.15) is 19.3 Å². The number of hydrogen-bond donors (Lipinski definition) is 2. The number of fused-ring (bicyclic) bond motifs is 1. The summed E-state index contributed by atoms with van der Waals surface area (Å²) < 4.78 is 5.29. The van der Waals surface area contributed by atoms with Crippen molar-refractivity contribution in [1.82, 2.24) is 5.32 Å². The number of aliphatic carboxylic acids is 1. The van der Waals surface area contributed by atoms with Crippen molar-refractivity contribution in [1.29, 1.82) is 0 Å². The van der Waals surface area contributed by atoms with E-state index in [4.69, 9.17) is 9.84 Å². The first-order chi connectivity index (χ1) is 6.70. The third kappa shape index (κ3) is 1.62. The minimum absolute atomic E-state index is 0.294. The van der Waals surface area contributed by atoms with Crippen molar-refractivity contribution in [3.8, 4) is 0 Å². The number of carboxylic acid groups (broad SMARTS) is 1. The summed E-state index contributed by atoms with van der Waals surface area (Å²) in [6, 6.07) is 0.312. The molecule has 4 nitrogen and oxygen atoms in total. The third-order valence-electron chi connectivity index (χ3n) is 3.14. The summed E-state index contributed by atoms with van der Waals surface area (Å²) in [6.45, 7) is 0. The Balaban J connectivity index is 2.04. The van der Waals surface area contributed by atoms with E-state index >= 15 is 0 Å². The first-order valence-electron chi connectivity index (χ1n) is 4.95. The van der Waals surface area contributed by atoms with Gasteiger partial charge in [-0.05, 0) is 25.3 Å². The highest BCUT2D eigenvalue weighted by atomic mass is 16.5. The van der Waals surface area contributed by atoms with Crippen LogP contribution in [0, 0.1) is 5.92 Å². The minimum atomic E-state index is -0.853. The van der Waals surface area contributed by atoms with E-state index in [1.54, 1.807) is 7.11 Å². The van der Waals surface area contributed by atoms with Gasteiger partial charge in [-0.1, -0.05) is 0 Å². The SMILES string of the molecule is COC1CCC2NC(C(=O)O)=CC2C1. The molecule has 1 aliphatic carbocycles. The fourth-order valence-corrected chi connectivity index (χ4v) is 2.34. The highest BCUT2D eigenvalue weighted by molar-refractivity contribution is 5.86. The van der Waals surface area contributed by atoms with Gasteiger partial charge in [-0.15, -0.1) is 0 Å². The molecule has 0 saturated heterocycles. The van der Waals surface area contributed by atoms with Crippen LogP contribution in [-0.2, 0) is 9.53 Å².